The second kappa shape index (κ2) is 9.85. The summed E-state index contributed by atoms with van der Waals surface area (Å²) in [6.07, 6.45) is 0. The molecule has 0 aliphatic carbocycles. The van der Waals surface area contributed by atoms with E-state index < -0.39 is 0 Å². The second-order valence-corrected chi connectivity index (χ2v) is 13.0. The lowest BCUT2D eigenvalue weighted by atomic mass is 9.86. The van der Waals surface area contributed by atoms with Crippen LogP contribution in [0.15, 0.2) is 48.5 Å². The molecule has 2 bridgehead atoms. The first-order valence-corrected chi connectivity index (χ1v) is 15.3. The van der Waals surface area contributed by atoms with Crippen LogP contribution in [0.25, 0.3) is 21.5 Å². The summed E-state index contributed by atoms with van der Waals surface area (Å²) in [5, 5.41) is 3.24. The predicted octanol–water partition coefficient (Wildman–Crippen LogP) is 3.61. The van der Waals surface area contributed by atoms with Crippen molar-refractivity contribution in [3.8, 4) is 0 Å². The Morgan fingerprint density at radius 3 is 1.38 bits per heavy atom. The molecule has 45 heavy (non-hydrogen) atoms. The first kappa shape index (κ1) is 27.7. The number of likely N-dealkylation sites (N-methyl/N-ethyl adjacent to an activating group) is 2. The van der Waals surface area contributed by atoms with Crippen molar-refractivity contribution in [2.24, 2.45) is 0 Å². The zero-order valence-electron chi connectivity index (χ0n) is 25.9. The summed E-state index contributed by atoms with van der Waals surface area (Å²) in [7, 11) is 7.70. The Bertz CT molecular complexity index is 1870. The Morgan fingerprint density at radius 1 is 0.578 bits per heavy atom. The van der Waals surface area contributed by atoms with Crippen molar-refractivity contribution in [2.75, 3.05) is 70.8 Å². The molecule has 0 spiro atoms. The summed E-state index contributed by atoms with van der Waals surface area (Å²) in [4.78, 5) is 66.0. The predicted molar refractivity (Wildman–Crippen MR) is 173 cm³/mol. The van der Waals surface area contributed by atoms with E-state index in [0.29, 0.717) is 68.2 Å². The lowest BCUT2D eigenvalue weighted by Crippen LogP contribution is -2.48. The maximum atomic E-state index is 13.8. The van der Waals surface area contributed by atoms with E-state index in [0.717, 1.165) is 44.0 Å². The molecule has 4 aliphatic rings. The highest BCUT2D eigenvalue weighted by atomic mass is 16.2. The normalized spacial score (nSPS) is 16.9. The fraction of sp³-hybridized carbons (Fsp3) is 0.314. The van der Waals surface area contributed by atoms with Gasteiger partial charge in [0.15, 0.2) is 0 Å². The van der Waals surface area contributed by atoms with Gasteiger partial charge in [0.05, 0.1) is 18.0 Å². The molecule has 0 saturated heterocycles. The molecule has 10 heteroatoms. The van der Waals surface area contributed by atoms with E-state index in [-0.39, 0.29) is 23.6 Å². The third-order valence-corrected chi connectivity index (χ3v) is 9.56. The molecule has 4 amide bonds. The maximum Gasteiger partial charge on any atom is 0.261 e. The molecule has 8 rings (SSSR count). The first-order valence-electron chi connectivity index (χ1n) is 15.3. The van der Waals surface area contributed by atoms with Crippen LogP contribution in [-0.2, 0) is 13.1 Å². The Balaban J connectivity index is 1.26. The molecule has 4 aliphatic heterocycles. The molecular formula is C35H34N6O4. The standard InChI is InChI=1S/C35H34N6O4/c1-36(2)11-13-40-32(42)24-9-5-7-22-28(24)26(34(40)44)15-20-17-38-19-39(30(20)22)18-21-16-27-29-23(31(21)38)8-6-10-25(29)33(43)41(35(27)45)14-12-37(3)4/h5-10,15-16H,11-14,17-19H2,1-4H3. The van der Waals surface area contributed by atoms with Crippen LogP contribution < -0.4 is 9.80 Å². The van der Waals surface area contributed by atoms with E-state index in [1.807, 2.05) is 86.5 Å². The molecule has 4 aromatic rings. The number of rotatable bonds is 6. The third kappa shape index (κ3) is 3.95. The molecular weight excluding hydrogens is 568 g/mol. The molecule has 0 aromatic heterocycles. The molecule has 228 valence electrons. The molecule has 10 nitrogen and oxygen atoms in total. The van der Waals surface area contributed by atoms with E-state index >= 15 is 0 Å². The van der Waals surface area contributed by atoms with Gasteiger partial charge in [-0.2, -0.15) is 0 Å². The highest BCUT2D eigenvalue weighted by molar-refractivity contribution is 6.28. The van der Waals surface area contributed by atoms with Crippen molar-refractivity contribution in [2.45, 2.75) is 13.1 Å². The number of anilines is 2. The lowest BCUT2D eigenvalue weighted by molar-refractivity contribution is 0.0585. The number of nitrogens with zero attached hydrogens (tertiary/aromatic N) is 6. The highest BCUT2D eigenvalue weighted by Crippen LogP contribution is 2.48. The van der Waals surface area contributed by atoms with E-state index in [1.54, 1.807) is 0 Å². The molecule has 0 fully saturated rings. The number of amides is 4. The second-order valence-electron chi connectivity index (χ2n) is 13.0. The van der Waals surface area contributed by atoms with Gasteiger partial charge in [0, 0.05) is 83.1 Å². The lowest BCUT2D eigenvalue weighted by Gasteiger charge is -2.46. The zero-order chi connectivity index (χ0) is 31.3. The number of hydrogen-bond acceptors (Lipinski definition) is 8. The van der Waals surface area contributed by atoms with E-state index in [1.165, 1.54) is 9.80 Å². The number of carbonyl (C=O) groups excluding carboxylic acids is 4. The number of carbonyl (C=O) groups is 4. The van der Waals surface area contributed by atoms with Crippen LogP contribution in [0.1, 0.15) is 52.6 Å². The average molecular weight is 603 g/mol. The van der Waals surface area contributed by atoms with Crippen molar-refractivity contribution in [1.29, 1.82) is 0 Å². The van der Waals surface area contributed by atoms with E-state index in [2.05, 4.69) is 9.80 Å². The molecule has 4 heterocycles. The summed E-state index contributed by atoms with van der Waals surface area (Å²) < 4.78 is 0. The molecule has 0 radical (unpaired) electrons. The van der Waals surface area contributed by atoms with Gasteiger partial charge in [-0.1, -0.05) is 24.3 Å². The minimum absolute atomic E-state index is 0.255. The van der Waals surface area contributed by atoms with Gasteiger partial charge in [-0.15, -0.1) is 0 Å². The van der Waals surface area contributed by atoms with E-state index in [9.17, 15) is 19.2 Å². The molecule has 0 unspecified atom stereocenters. The van der Waals surface area contributed by atoms with Crippen LogP contribution in [0, 0.1) is 0 Å². The van der Waals surface area contributed by atoms with Crippen LogP contribution in [0.5, 0.6) is 0 Å². The number of imide groups is 2. The topological polar surface area (TPSA) is 87.7 Å². The Hall–Kier alpha value is -4.80. The van der Waals surface area contributed by atoms with Crippen LogP contribution >= 0.6 is 0 Å². The maximum absolute atomic E-state index is 13.8. The van der Waals surface area contributed by atoms with Gasteiger partial charge < -0.3 is 19.6 Å². The van der Waals surface area contributed by atoms with Crippen molar-refractivity contribution in [3.63, 3.8) is 0 Å². The summed E-state index contributed by atoms with van der Waals surface area (Å²) in [5.41, 5.74) is 6.32. The molecule has 0 atom stereocenters. The van der Waals surface area contributed by atoms with Gasteiger partial charge in [0.25, 0.3) is 23.6 Å². The van der Waals surface area contributed by atoms with Gasteiger partial charge in [0.1, 0.15) is 0 Å². The summed E-state index contributed by atoms with van der Waals surface area (Å²) in [6.45, 7) is 3.54. The SMILES string of the molecule is CN(C)CCN1C(=O)c2cccc3c4c(cc(c23)C1=O)CN1CN4Cc2cc3c4c(cccc4c21)C(=O)N(CCN(C)C)C3=O. The van der Waals surface area contributed by atoms with Gasteiger partial charge in [-0.3, -0.25) is 29.0 Å². The summed E-state index contributed by atoms with van der Waals surface area (Å²) in [5.74, 6) is -1.02. The molecule has 4 aromatic carbocycles. The average Bonchev–Trinajstić information content (AvgIpc) is 3.01. The minimum atomic E-state index is -0.257. The summed E-state index contributed by atoms with van der Waals surface area (Å²) >= 11 is 0. The van der Waals surface area contributed by atoms with Crippen LogP contribution in [0.2, 0.25) is 0 Å². The Kier molecular flexibility index (Phi) is 6.07. The summed E-state index contributed by atoms with van der Waals surface area (Å²) in [6, 6.07) is 15.4. The van der Waals surface area contributed by atoms with Crippen LogP contribution in [0.4, 0.5) is 11.4 Å². The van der Waals surface area contributed by atoms with Crippen molar-refractivity contribution in [1.82, 2.24) is 19.6 Å². The number of benzene rings is 4. The van der Waals surface area contributed by atoms with E-state index in [4.69, 9.17) is 0 Å². The first-order chi connectivity index (χ1) is 21.6. The van der Waals surface area contributed by atoms with Crippen LogP contribution in [0.3, 0.4) is 0 Å². The highest BCUT2D eigenvalue weighted by Gasteiger charge is 2.40. The van der Waals surface area contributed by atoms with Gasteiger partial charge in [-0.05, 0) is 63.6 Å². The fourth-order valence-corrected chi connectivity index (χ4v) is 7.53. The monoisotopic (exact) mass is 602 g/mol. The largest absolute Gasteiger partial charge is 0.349 e. The zero-order valence-corrected chi connectivity index (χ0v) is 25.9. The smallest absolute Gasteiger partial charge is 0.261 e. The van der Waals surface area contributed by atoms with Crippen molar-refractivity contribution < 1.29 is 19.2 Å². The van der Waals surface area contributed by atoms with Gasteiger partial charge in [0.2, 0.25) is 0 Å². The quantitative estimate of drug-likeness (QED) is 0.310. The number of fused-ring (bicyclic) bond motifs is 8. The Morgan fingerprint density at radius 2 is 0.978 bits per heavy atom. The molecule has 0 N–H and O–H groups in total. The Labute approximate surface area is 261 Å². The van der Waals surface area contributed by atoms with Gasteiger partial charge >= 0.3 is 0 Å². The third-order valence-electron chi connectivity index (χ3n) is 9.56. The van der Waals surface area contributed by atoms with Crippen LogP contribution in [-0.4, -0.2) is 104 Å². The van der Waals surface area contributed by atoms with Gasteiger partial charge in [-0.25, -0.2) is 0 Å². The number of hydrogen-bond donors (Lipinski definition) is 0. The van der Waals surface area contributed by atoms with Crippen molar-refractivity contribution >= 4 is 56.5 Å². The minimum Gasteiger partial charge on any atom is -0.349 e. The molecule has 0 saturated carbocycles. The fourth-order valence-electron chi connectivity index (χ4n) is 7.53. The van der Waals surface area contributed by atoms with Crippen molar-refractivity contribution in [3.05, 3.63) is 81.9 Å².